The van der Waals surface area contributed by atoms with Crippen LogP contribution in [0.5, 0.6) is 0 Å². The summed E-state index contributed by atoms with van der Waals surface area (Å²) < 4.78 is 0. The van der Waals surface area contributed by atoms with Gasteiger partial charge < -0.3 is 0 Å². The fraction of sp³-hybridized carbons (Fsp3) is 0.462. The van der Waals surface area contributed by atoms with Crippen LogP contribution in [0, 0.1) is 5.92 Å². The fourth-order valence-corrected chi connectivity index (χ4v) is 2.21. The minimum atomic E-state index is 0.182. The van der Waals surface area contributed by atoms with E-state index in [1.165, 1.54) is 5.56 Å². The molecule has 86 valence electrons. The van der Waals surface area contributed by atoms with Crippen LogP contribution >= 0.6 is 11.6 Å². The summed E-state index contributed by atoms with van der Waals surface area (Å²) in [5, 5.41) is 0.769. The van der Waals surface area contributed by atoms with E-state index in [2.05, 4.69) is 4.90 Å². The maximum atomic E-state index is 11.4. The van der Waals surface area contributed by atoms with Gasteiger partial charge in [-0.1, -0.05) is 30.7 Å². The van der Waals surface area contributed by atoms with Gasteiger partial charge in [0.1, 0.15) is 5.78 Å². The molecule has 1 atom stereocenters. The molecular weight excluding hydrogens is 222 g/mol. The number of hydrogen-bond acceptors (Lipinski definition) is 2. The van der Waals surface area contributed by atoms with Crippen LogP contribution in [0.1, 0.15) is 18.9 Å². The summed E-state index contributed by atoms with van der Waals surface area (Å²) >= 11 is 5.84. The van der Waals surface area contributed by atoms with Gasteiger partial charge in [-0.2, -0.15) is 0 Å². The Morgan fingerprint density at radius 2 is 2.06 bits per heavy atom. The second-order valence-corrected chi connectivity index (χ2v) is 4.92. The fourth-order valence-electron chi connectivity index (χ4n) is 2.09. The first-order chi connectivity index (χ1) is 7.65. The molecule has 1 aliphatic rings. The number of halogens is 1. The van der Waals surface area contributed by atoms with E-state index in [0.717, 1.165) is 24.7 Å². The monoisotopic (exact) mass is 237 g/mol. The van der Waals surface area contributed by atoms with Gasteiger partial charge in [-0.15, -0.1) is 0 Å². The van der Waals surface area contributed by atoms with E-state index in [1.54, 1.807) is 0 Å². The number of rotatable bonds is 2. The highest BCUT2D eigenvalue weighted by atomic mass is 35.5. The molecule has 0 spiro atoms. The first-order valence-electron chi connectivity index (χ1n) is 5.64. The van der Waals surface area contributed by atoms with Crippen molar-refractivity contribution in [3.8, 4) is 0 Å². The van der Waals surface area contributed by atoms with E-state index in [-0.39, 0.29) is 5.92 Å². The predicted molar refractivity (Wildman–Crippen MR) is 65.5 cm³/mol. The van der Waals surface area contributed by atoms with E-state index in [1.807, 2.05) is 31.2 Å². The summed E-state index contributed by atoms with van der Waals surface area (Å²) in [5.74, 6) is 0.577. The van der Waals surface area contributed by atoms with Gasteiger partial charge in [-0.25, -0.2) is 0 Å². The SMILES string of the molecule is CC1CN(Cc2ccc(Cl)cc2)CCC1=O. The topological polar surface area (TPSA) is 20.3 Å². The summed E-state index contributed by atoms with van der Waals surface area (Å²) in [6.07, 6.45) is 0.689. The Morgan fingerprint density at radius 1 is 1.38 bits per heavy atom. The Hall–Kier alpha value is -0.860. The normalized spacial score (nSPS) is 22.4. The minimum absolute atomic E-state index is 0.182. The molecule has 0 saturated carbocycles. The lowest BCUT2D eigenvalue weighted by Crippen LogP contribution is -2.38. The molecule has 0 aliphatic carbocycles. The maximum Gasteiger partial charge on any atom is 0.138 e. The number of carbonyl (C=O) groups excluding carboxylic acids is 1. The first kappa shape index (κ1) is 11.6. The third-order valence-electron chi connectivity index (χ3n) is 3.08. The van der Waals surface area contributed by atoms with E-state index in [9.17, 15) is 4.79 Å². The second-order valence-electron chi connectivity index (χ2n) is 4.48. The van der Waals surface area contributed by atoms with Crippen molar-refractivity contribution in [2.24, 2.45) is 5.92 Å². The molecule has 16 heavy (non-hydrogen) atoms. The Kier molecular flexibility index (Phi) is 3.62. The molecule has 1 heterocycles. The molecule has 1 fully saturated rings. The molecule has 3 heteroatoms. The summed E-state index contributed by atoms with van der Waals surface area (Å²) in [4.78, 5) is 13.7. The van der Waals surface area contributed by atoms with Gasteiger partial charge >= 0.3 is 0 Å². The van der Waals surface area contributed by atoms with E-state index >= 15 is 0 Å². The zero-order chi connectivity index (χ0) is 11.5. The highest BCUT2D eigenvalue weighted by molar-refractivity contribution is 6.30. The molecule has 0 N–H and O–H groups in total. The highest BCUT2D eigenvalue weighted by Crippen LogP contribution is 2.16. The molecule has 1 aromatic rings. The van der Waals surface area contributed by atoms with Crippen LogP contribution in [-0.2, 0) is 11.3 Å². The number of carbonyl (C=O) groups is 1. The quantitative estimate of drug-likeness (QED) is 0.789. The molecule has 1 aromatic carbocycles. The lowest BCUT2D eigenvalue weighted by atomic mass is 9.98. The smallest absolute Gasteiger partial charge is 0.138 e. The first-order valence-corrected chi connectivity index (χ1v) is 6.02. The maximum absolute atomic E-state index is 11.4. The summed E-state index contributed by atoms with van der Waals surface area (Å²) in [7, 11) is 0. The van der Waals surface area contributed by atoms with Gasteiger partial charge in [0.25, 0.3) is 0 Å². The van der Waals surface area contributed by atoms with Gasteiger partial charge in [-0.05, 0) is 17.7 Å². The lowest BCUT2D eigenvalue weighted by Gasteiger charge is -2.29. The van der Waals surface area contributed by atoms with Crippen LogP contribution in [0.25, 0.3) is 0 Å². The predicted octanol–water partition coefficient (Wildman–Crippen LogP) is 2.75. The third kappa shape index (κ3) is 2.83. The molecule has 1 saturated heterocycles. The van der Waals surface area contributed by atoms with Crippen LogP contribution in [0.2, 0.25) is 5.02 Å². The van der Waals surface area contributed by atoms with Gasteiger partial charge in [0.05, 0.1) is 0 Å². The molecular formula is C13H16ClNO. The molecule has 1 aliphatic heterocycles. The highest BCUT2D eigenvalue weighted by Gasteiger charge is 2.22. The molecule has 0 amide bonds. The van der Waals surface area contributed by atoms with E-state index < -0.39 is 0 Å². The molecule has 0 aromatic heterocycles. The Morgan fingerprint density at radius 3 is 2.69 bits per heavy atom. The molecule has 0 bridgehead atoms. The average molecular weight is 238 g/mol. The molecule has 0 radical (unpaired) electrons. The molecule has 2 rings (SSSR count). The molecule has 1 unspecified atom stereocenters. The van der Waals surface area contributed by atoms with Crippen molar-refractivity contribution in [3.63, 3.8) is 0 Å². The molecule has 2 nitrogen and oxygen atoms in total. The van der Waals surface area contributed by atoms with Gasteiger partial charge in [0.2, 0.25) is 0 Å². The third-order valence-corrected chi connectivity index (χ3v) is 3.33. The Labute approximate surface area is 101 Å². The van der Waals surface area contributed by atoms with Crippen molar-refractivity contribution in [2.45, 2.75) is 19.9 Å². The van der Waals surface area contributed by atoms with Crippen molar-refractivity contribution in [1.29, 1.82) is 0 Å². The Balaban J connectivity index is 1.95. The number of piperidine rings is 1. The zero-order valence-electron chi connectivity index (χ0n) is 9.45. The van der Waals surface area contributed by atoms with Crippen molar-refractivity contribution < 1.29 is 4.79 Å². The van der Waals surface area contributed by atoms with Crippen LogP contribution in [0.3, 0.4) is 0 Å². The Bertz CT molecular complexity index is 374. The van der Waals surface area contributed by atoms with Gasteiger partial charge in [0, 0.05) is 37.0 Å². The average Bonchev–Trinajstić information content (AvgIpc) is 2.27. The lowest BCUT2D eigenvalue weighted by molar-refractivity contribution is -0.125. The number of ketones is 1. The van der Waals surface area contributed by atoms with Crippen molar-refractivity contribution >= 4 is 17.4 Å². The van der Waals surface area contributed by atoms with Crippen LogP contribution in [-0.4, -0.2) is 23.8 Å². The number of likely N-dealkylation sites (tertiary alicyclic amines) is 1. The number of hydrogen-bond donors (Lipinski definition) is 0. The summed E-state index contributed by atoms with van der Waals surface area (Å²) in [6.45, 7) is 4.68. The zero-order valence-corrected chi connectivity index (χ0v) is 10.2. The summed E-state index contributed by atoms with van der Waals surface area (Å²) in [5.41, 5.74) is 1.26. The van der Waals surface area contributed by atoms with Gasteiger partial charge in [0.15, 0.2) is 0 Å². The minimum Gasteiger partial charge on any atom is -0.299 e. The van der Waals surface area contributed by atoms with E-state index in [4.69, 9.17) is 11.6 Å². The van der Waals surface area contributed by atoms with E-state index in [0.29, 0.717) is 12.2 Å². The standard InChI is InChI=1S/C13H16ClNO/c1-10-8-15(7-6-13(10)16)9-11-2-4-12(14)5-3-11/h2-5,10H,6-9H2,1H3. The number of benzene rings is 1. The second kappa shape index (κ2) is 4.98. The largest absolute Gasteiger partial charge is 0.299 e. The number of nitrogens with zero attached hydrogens (tertiary/aromatic N) is 1. The van der Waals surface area contributed by atoms with Crippen LogP contribution in [0.15, 0.2) is 24.3 Å². The summed E-state index contributed by atoms with van der Waals surface area (Å²) in [6, 6.07) is 7.91. The van der Waals surface area contributed by atoms with Crippen LogP contribution in [0.4, 0.5) is 0 Å². The van der Waals surface area contributed by atoms with Crippen LogP contribution < -0.4 is 0 Å². The van der Waals surface area contributed by atoms with Crippen molar-refractivity contribution in [2.75, 3.05) is 13.1 Å². The number of Topliss-reactive ketones (excluding diaryl/α,β-unsaturated/α-hetero) is 1. The van der Waals surface area contributed by atoms with Gasteiger partial charge in [-0.3, -0.25) is 9.69 Å². The van der Waals surface area contributed by atoms with Crippen molar-refractivity contribution in [3.05, 3.63) is 34.9 Å². The van der Waals surface area contributed by atoms with Crippen molar-refractivity contribution in [1.82, 2.24) is 4.90 Å².